The molecule has 0 saturated carbocycles. The van der Waals surface area contributed by atoms with E-state index >= 15 is 0 Å². The van der Waals surface area contributed by atoms with Crippen LogP contribution in [0.2, 0.25) is 0 Å². The highest BCUT2D eigenvalue weighted by Crippen LogP contribution is 2.23. The summed E-state index contributed by atoms with van der Waals surface area (Å²) in [5.74, 6) is 1.74. The zero-order valence-corrected chi connectivity index (χ0v) is 26.7. The number of thioether (sulfide) groups is 1. The van der Waals surface area contributed by atoms with Gasteiger partial charge in [-0.2, -0.15) is 0 Å². The molecule has 0 saturated heterocycles. The van der Waals surface area contributed by atoms with Crippen LogP contribution in [0.4, 0.5) is 0 Å². The zero-order valence-electron chi connectivity index (χ0n) is 24.3. The normalized spacial score (nSPS) is 11.6. The SMILES string of the molecule is CC(C)=CCC/C(C)=C/CC/C(C)=C/CSc1ccccc1C(=O)NCCCn1cc[n+](-c2ccccn2)c1.[Br-]. The van der Waals surface area contributed by atoms with Crippen molar-refractivity contribution < 1.29 is 26.3 Å². The number of allylic oxidation sites excluding steroid dienone is 5. The third-order valence-corrected chi connectivity index (χ3v) is 7.41. The molecule has 0 atom stereocenters. The molecule has 1 aromatic carbocycles. The Labute approximate surface area is 255 Å². The molecule has 0 aliphatic carbocycles. The van der Waals surface area contributed by atoms with E-state index in [1.807, 2.05) is 65.8 Å². The fourth-order valence-electron chi connectivity index (χ4n) is 4.12. The summed E-state index contributed by atoms with van der Waals surface area (Å²) in [6.45, 7) is 10.2. The standard InChI is InChI=1S/C33H42N4OS.BrH/c1-27(2)12-9-13-28(3)14-10-15-29(4)19-25-39-31-17-6-5-16-30(31)33(38)35-21-11-22-36-23-24-37(26-36)32-18-7-8-20-34-32;/h5-8,12,14,16-20,23-24,26H,9-11,13,15,21-22,25H2,1-4H3;1H/b28-14+,29-19+;. The number of aromatic nitrogens is 3. The van der Waals surface area contributed by atoms with E-state index in [1.54, 1.807) is 18.0 Å². The van der Waals surface area contributed by atoms with Crippen LogP contribution in [0.5, 0.6) is 0 Å². The van der Waals surface area contributed by atoms with Crippen LogP contribution < -0.4 is 26.9 Å². The van der Waals surface area contributed by atoms with E-state index in [4.69, 9.17) is 0 Å². The van der Waals surface area contributed by atoms with Gasteiger partial charge < -0.3 is 22.3 Å². The van der Waals surface area contributed by atoms with E-state index in [2.05, 4.69) is 60.8 Å². The van der Waals surface area contributed by atoms with Crippen LogP contribution in [0, 0.1) is 0 Å². The van der Waals surface area contributed by atoms with Crippen LogP contribution in [0.3, 0.4) is 0 Å². The van der Waals surface area contributed by atoms with Crippen LogP contribution in [0.25, 0.3) is 5.82 Å². The minimum absolute atomic E-state index is 0. The topological polar surface area (TPSA) is 50.8 Å². The van der Waals surface area contributed by atoms with E-state index in [9.17, 15) is 4.79 Å². The summed E-state index contributed by atoms with van der Waals surface area (Å²) in [5, 5.41) is 3.10. The average molecular weight is 624 g/mol. The number of nitrogens with zero attached hydrogens (tertiary/aromatic N) is 3. The second-order valence-corrected chi connectivity index (χ2v) is 11.2. The molecule has 0 unspecified atom stereocenters. The molecule has 0 radical (unpaired) electrons. The maximum atomic E-state index is 12.9. The number of carbonyl (C=O) groups is 1. The summed E-state index contributed by atoms with van der Waals surface area (Å²) in [4.78, 5) is 18.3. The number of halogens is 1. The van der Waals surface area contributed by atoms with Gasteiger partial charge in [0.05, 0.1) is 18.3 Å². The van der Waals surface area contributed by atoms with Crippen LogP contribution >= 0.6 is 11.8 Å². The molecule has 3 aromatic rings. The van der Waals surface area contributed by atoms with Crippen LogP contribution in [0.1, 0.15) is 70.2 Å². The molecule has 214 valence electrons. The quantitative estimate of drug-likeness (QED) is 0.118. The minimum Gasteiger partial charge on any atom is -1.00 e. The smallest absolute Gasteiger partial charge is 0.266 e. The summed E-state index contributed by atoms with van der Waals surface area (Å²) >= 11 is 1.72. The largest absolute Gasteiger partial charge is 1.00 e. The Balaban J connectivity index is 0.00000560. The molecular formula is C33H43BrN4OS. The van der Waals surface area contributed by atoms with Gasteiger partial charge in [-0.05, 0) is 78.0 Å². The van der Waals surface area contributed by atoms with Crippen LogP contribution in [0.15, 0.2) is 107 Å². The third kappa shape index (κ3) is 12.1. The van der Waals surface area contributed by atoms with Crippen molar-refractivity contribution in [3.63, 3.8) is 0 Å². The second kappa shape index (κ2) is 18.4. The first-order chi connectivity index (χ1) is 18.9. The molecule has 0 spiro atoms. The van der Waals surface area contributed by atoms with Gasteiger partial charge in [-0.3, -0.25) is 9.36 Å². The maximum absolute atomic E-state index is 12.9. The molecule has 2 heterocycles. The Kier molecular flexibility index (Phi) is 15.4. The Hall–Kier alpha value is -2.90. The van der Waals surface area contributed by atoms with E-state index in [0.29, 0.717) is 6.54 Å². The molecule has 2 aromatic heterocycles. The maximum Gasteiger partial charge on any atom is 0.266 e. The number of imidazole rings is 1. The van der Waals surface area contributed by atoms with E-state index in [1.165, 1.54) is 16.7 Å². The molecule has 7 heteroatoms. The van der Waals surface area contributed by atoms with Crippen molar-refractivity contribution in [2.45, 2.75) is 71.2 Å². The number of hydrogen-bond donors (Lipinski definition) is 1. The summed E-state index contributed by atoms with van der Waals surface area (Å²) in [7, 11) is 0. The van der Waals surface area contributed by atoms with Gasteiger partial charge in [0.1, 0.15) is 12.4 Å². The predicted octanol–water partition coefficient (Wildman–Crippen LogP) is 4.50. The lowest BCUT2D eigenvalue weighted by molar-refractivity contribution is -0.599. The summed E-state index contributed by atoms with van der Waals surface area (Å²) in [5.41, 5.74) is 5.00. The molecule has 3 rings (SSSR count). The fraction of sp³-hybridized carbons (Fsp3) is 0.364. The number of carbonyl (C=O) groups excluding carboxylic acids is 1. The lowest BCUT2D eigenvalue weighted by Crippen LogP contribution is -3.00. The minimum atomic E-state index is -0.0106. The predicted molar refractivity (Wildman–Crippen MR) is 163 cm³/mol. The highest BCUT2D eigenvalue weighted by molar-refractivity contribution is 7.99. The molecule has 1 amide bonds. The Morgan fingerprint density at radius 3 is 2.45 bits per heavy atom. The van der Waals surface area contributed by atoms with Crippen molar-refractivity contribution in [3.05, 3.63) is 108 Å². The second-order valence-electron chi connectivity index (χ2n) is 10.1. The van der Waals surface area contributed by atoms with Crippen molar-refractivity contribution in [1.29, 1.82) is 0 Å². The lowest BCUT2D eigenvalue weighted by atomic mass is 10.1. The zero-order chi connectivity index (χ0) is 27.9. The molecule has 0 aliphatic heterocycles. The molecule has 0 aliphatic rings. The summed E-state index contributed by atoms with van der Waals surface area (Å²) in [6, 6.07) is 13.8. The fourth-order valence-corrected chi connectivity index (χ4v) is 5.16. The molecule has 40 heavy (non-hydrogen) atoms. The van der Waals surface area contributed by atoms with Crippen molar-refractivity contribution >= 4 is 17.7 Å². The van der Waals surface area contributed by atoms with E-state index in [-0.39, 0.29) is 22.9 Å². The Bertz CT molecular complexity index is 1280. The van der Waals surface area contributed by atoms with Gasteiger partial charge >= 0.3 is 0 Å². The number of amides is 1. The van der Waals surface area contributed by atoms with Crippen molar-refractivity contribution in [2.75, 3.05) is 12.3 Å². The lowest BCUT2D eigenvalue weighted by Gasteiger charge is -2.09. The van der Waals surface area contributed by atoms with Gasteiger partial charge in [0.25, 0.3) is 11.7 Å². The Morgan fingerprint density at radius 1 is 0.975 bits per heavy atom. The molecule has 1 N–H and O–H groups in total. The molecule has 0 fully saturated rings. The molecule has 5 nitrogen and oxygen atoms in total. The van der Waals surface area contributed by atoms with Gasteiger partial charge in [0.15, 0.2) is 6.33 Å². The van der Waals surface area contributed by atoms with Gasteiger partial charge in [-0.1, -0.05) is 53.1 Å². The molecular weight excluding hydrogens is 580 g/mol. The van der Waals surface area contributed by atoms with Crippen molar-refractivity contribution in [1.82, 2.24) is 14.9 Å². The monoisotopic (exact) mass is 622 g/mol. The molecule has 0 bridgehead atoms. The van der Waals surface area contributed by atoms with Crippen LogP contribution in [-0.4, -0.2) is 27.8 Å². The number of rotatable bonds is 15. The number of nitrogens with one attached hydrogen (secondary N) is 1. The van der Waals surface area contributed by atoms with Gasteiger partial charge in [0.2, 0.25) is 0 Å². The van der Waals surface area contributed by atoms with Gasteiger partial charge in [-0.15, -0.1) is 16.7 Å². The highest BCUT2D eigenvalue weighted by Gasteiger charge is 2.11. The van der Waals surface area contributed by atoms with E-state index in [0.717, 1.165) is 60.7 Å². The first kappa shape index (κ1) is 33.3. The highest BCUT2D eigenvalue weighted by atomic mass is 79.9. The van der Waals surface area contributed by atoms with Crippen LogP contribution in [-0.2, 0) is 6.54 Å². The number of hydrogen-bond acceptors (Lipinski definition) is 3. The van der Waals surface area contributed by atoms with Gasteiger partial charge in [-0.25, -0.2) is 4.57 Å². The van der Waals surface area contributed by atoms with Crippen molar-refractivity contribution in [2.24, 2.45) is 0 Å². The Morgan fingerprint density at radius 2 is 1.70 bits per heavy atom. The first-order valence-electron chi connectivity index (χ1n) is 13.9. The number of pyridine rings is 1. The summed E-state index contributed by atoms with van der Waals surface area (Å²) < 4.78 is 4.11. The third-order valence-electron chi connectivity index (χ3n) is 6.41. The summed E-state index contributed by atoms with van der Waals surface area (Å²) in [6.07, 6.45) is 20.1. The van der Waals surface area contributed by atoms with E-state index < -0.39 is 0 Å². The van der Waals surface area contributed by atoms with Gasteiger partial charge in [0, 0.05) is 23.3 Å². The first-order valence-corrected chi connectivity index (χ1v) is 14.8. The average Bonchev–Trinajstić information content (AvgIpc) is 3.40. The van der Waals surface area contributed by atoms with Crippen molar-refractivity contribution in [3.8, 4) is 5.82 Å². The number of benzene rings is 1. The number of aryl methyl sites for hydroxylation is 1.